The minimum absolute atomic E-state index is 0.666. The molecule has 0 bridgehead atoms. The van der Waals surface area contributed by atoms with E-state index in [0.717, 1.165) is 59.4 Å². The predicted octanol–water partition coefficient (Wildman–Crippen LogP) is 3.94. The van der Waals surface area contributed by atoms with Gasteiger partial charge in [-0.2, -0.15) is 5.10 Å². The number of anilines is 3. The van der Waals surface area contributed by atoms with Crippen molar-refractivity contribution in [1.29, 1.82) is 0 Å². The summed E-state index contributed by atoms with van der Waals surface area (Å²) in [6.07, 6.45) is 3.97. The molecule has 1 aromatic carbocycles. The van der Waals surface area contributed by atoms with Crippen LogP contribution < -0.4 is 10.2 Å². The number of aryl methyl sites for hydroxylation is 1. The van der Waals surface area contributed by atoms with Crippen LogP contribution in [0.2, 0.25) is 0 Å². The SMILES string of the molecule is Cc1cc(Nc2cc(N3CCN(C)CC3)nc(/C=C/c3ccc(Br)cc3)n2)n[nH]1. The fraction of sp³-hybridized carbons (Fsp3) is 0.286. The molecular weight excluding hydrogens is 430 g/mol. The Bertz CT molecular complexity index is 989. The molecule has 0 atom stereocenters. The Labute approximate surface area is 179 Å². The van der Waals surface area contributed by atoms with Crippen LogP contribution in [0.3, 0.4) is 0 Å². The number of aromatic amines is 1. The van der Waals surface area contributed by atoms with Crippen LogP contribution in [0.15, 0.2) is 40.9 Å². The molecule has 1 aliphatic heterocycles. The summed E-state index contributed by atoms with van der Waals surface area (Å²) in [4.78, 5) is 14.1. The molecule has 0 radical (unpaired) electrons. The van der Waals surface area contributed by atoms with E-state index < -0.39 is 0 Å². The number of hydrogen-bond donors (Lipinski definition) is 2. The molecular formula is C21H24BrN7. The van der Waals surface area contributed by atoms with Crippen LogP contribution >= 0.6 is 15.9 Å². The van der Waals surface area contributed by atoms with Crippen LogP contribution in [0.1, 0.15) is 17.1 Å². The maximum Gasteiger partial charge on any atom is 0.156 e. The second-order valence-corrected chi connectivity index (χ2v) is 8.12. The molecule has 3 heterocycles. The van der Waals surface area contributed by atoms with E-state index in [9.17, 15) is 0 Å². The van der Waals surface area contributed by atoms with Crippen LogP contribution in [0.5, 0.6) is 0 Å². The van der Waals surface area contributed by atoms with Gasteiger partial charge in [-0.05, 0) is 37.7 Å². The van der Waals surface area contributed by atoms with Crippen molar-refractivity contribution in [2.45, 2.75) is 6.92 Å². The number of nitrogens with zero attached hydrogens (tertiary/aromatic N) is 5. The van der Waals surface area contributed by atoms with E-state index in [4.69, 9.17) is 4.98 Å². The van der Waals surface area contributed by atoms with E-state index in [1.54, 1.807) is 0 Å². The van der Waals surface area contributed by atoms with E-state index in [1.165, 1.54) is 0 Å². The number of hydrogen-bond acceptors (Lipinski definition) is 6. The van der Waals surface area contributed by atoms with Gasteiger partial charge < -0.3 is 15.1 Å². The van der Waals surface area contributed by atoms with Crippen LogP contribution in [-0.4, -0.2) is 58.3 Å². The smallest absolute Gasteiger partial charge is 0.156 e. The number of piperazine rings is 1. The first-order chi connectivity index (χ1) is 14.0. The molecule has 0 amide bonds. The van der Waals surface area contributed by atoms with Crippen molar-refractivity contribution in [3.05, 3.63) is 58.0 Å². The molecule has 1 aliphatic rings. The summed E-state index contributed by atoms with van der Waals surface area (Å²) in [6, 6.07) is 12.1. The first kappa shape index (κ1) is 19.6. The lowest BCUT2D eigenvalue weighted by molar-refractivity contribution is 0.312. The number of benzene rings is 1. The zero-order valence-corrected chi connectivity index (χ0v) is 18.1. The van der Waals surface area contributed by atoms with Crippen molar-refractivity contribution in [2.75, 3.05) is 43.4 Å². The lowest BCUT2D eigenvalue weighted by Gasteiger charge is -2.33. The average molecular weight is 454 g/mol. The molecule has 1 saturated heterocycles. The predicted molar refractivity (Wildman–Crippen MR) is 121 cm³/mol. The molecule has 7 nitrogen and oxygen atoms in total. The highest BCUT2D eigenvalue weighted by molar-refractivity contribution is 9.10. The van der Waals surface area contributed by atoms with Gasteiger partial charge in [-0.15, -0.1) is 0 Å². The van der Waals surface area contributed by atoms with Crippen molar-refractivity contribution in [3.8, 4) is 0 Å². The van der Waals surface area contributed by atoms with Gasteiger partial charge in [0.15, 0.2) is 11.6 Å². The zero-order chi connectivity index (χ0) is 20.2. The second kappa shape index (κ2) is 8.75. The highest BCUT2D eigenvalue weighted by atomic mass is 79.9. The lowest BCUT2D eigenvalue weighted by Crippen LogP contribution is -2.44. The molecule has 0 spiro atoms. The summed E-state index contributed by atoms with van der Waals surface area (Å²) >= 11 is 3.47. The first-order valence-electron chi connectivity index (χ1n) is 9.60. The van der Waals surface area contributed by atoms with Gasteiger partial charge in [0.25, 0.3) is 0 Å². The normalized spacial score (nSPS) is 15.2. The van der Waals surface area contributed by atoms with Crippen molar-refractivity contribution in [1.82, 2.24) is 25.1 Å². The Kier molecular flexibility index (Phi) is 5.92. The molecule has 2 N–H and O–H groups in total. The number of likely N-dealkylation sites (N-methyl/N-ethyl adjacent to an activating group) is 1. The van der Waals surface area contributed by atoms with Crippen molar-refractivity contribution < 1.29 is 0 Å². The Balaban J connectivity index is 1.62. The maximum absolute atomic E-state index is 4.79. The Morgan fingerprint density at radius 3 is 2.45 bits per heavy atom. The quantitative estimate of drug-likeness (QED) is 0.609. The molecule has 29 heavy (non-hydrogen) atoms. The van der Waals surface area contributed by atoms with Crippen LogP contribution in [0, 0.1) is 6.92 Å². The van der Waals surface area contributed by atoms with Gasteiger partial charge in [-0.1, -0.05) is 34.1 Å². The minimum atomic E-state index is 0.666. The molecule has 0 aliphatic carbocycles. The van der Waals surface area contributed by atoms with Gasteiger partial charge in [0.2, 0.25) is 0 Å². The number of rotatable bonds is 5. The Hall–Kier alpha value is -2.71. The van der Waals surface area contributed by atoms with E-state index in [1.807, 2.05) is 43.3 Å². The molecule has 4 rings (SSSR count). The molecule has 1 fully saturated rings. The standard InChI is InChI=1S/C21H24BrN7/c1-15-13-20(27-26-15)24-19-14-21(29-11-9-28(2)10-12-29)25-18(23-19)8-5-16-3-6-17(22)7-4-16/h3-8,13-14H,9-12H2,1-2H3,(H2,23,24,25,26,27)/b8-5+. The highest BCUT2D eigenvalue weighted by Gasteiger charge is 2.17. The largest absolute Gasteiger partial charge is 0.354 e. The van der Waals surface area contributed by atoms with Gasteiger partial charge in [0, 0.05) is 48.5 Å². The fourth-order valence-electron chi connectivity index (χ4n) is 3.15. The van der Waals surface area contributed by atoms with Crippen molar-refractivity contribution in [3.63, 3.8) is 0 Å². The summed E-state index contributed by atoms with van der Waals surface area (Å²) in [7, 11) is 2.15. The fourth-order valence-corrected chi connectivity index (χ4v) is 3.41. The minimum Gasteiger partial charge on any atom is -0.354 e. The zero-order valence-electron chi connectivity index (χ0n) is 16.6. The molecule has 2 aromatic heterocycles. The summed E-state index contributed by atoms with van der Waals surface area (Å²) < 4.78 is 1.06. The number of H-pyrrole nitrogens is 1. The van der Waals surface area contributed by atoms with Crippen molar-refractivity contribution in [2.24, 2.45) is 0 Å². The summed E-state index contributed by atoms with van der Waals surface area (Å²) in [5.41, 5.74) is 2.09. The van der Waals surface area contributed by atoms with E-state index in [2.05, 4.69) is 65.4 Å². The topological polar surface area (TPSA) is 73.0 Å². The van der Waals surface area contributed by atoms with E-state index >= 15 is 0 Å². The molecule has 150 valence electrons. The Morgan fingerprint density at radius 1 is 1.00 bits per heavy atom. The third-order valence-electron chi connectivity index (χ3n) is 4.81. The van der Waals surface area contributed by atoms with Crippen molar-refractivity contribution >= 4 is 45.5 Å². The summed E-state index contributed by atoms with van der Waals surface area (Å²) in [5, 5.41) is 10.5. The van der Waals surface area contributed by atoms with E-state index in [-0.39, 0.29) is 0 Å². The van der Waals surface area contributed by atoms with Gasteiger partial charge >= 0.3 is 0 Å². The maximum atomic E-state index is 4.79. The van der Waals surface area contributed by atoms with Crippen LogP contribution in [-0.2, 0) is 0 Å². The molecule has 0 unspecified atom stereocenters. The third-order valence-corrected chi connectivity index (χ3v) is 5.34. The molecule has 0 saturated carbocycles. The van der Waals surface area contributed by atoms with Crippen LogP contribution in [0.4, 0.5) is 17.5 Å². The van der Waals surface area contributed by atoms with E-state index in [0.29, 0.717) is 5.82 Å². The summed E-state index contributed by atoms with van der Waals surface area (Å²) in [5.74, 6) is 3.07. The molecule has 8 heteroatoms. The summed E-state index contributed by atoms with van der Waals surface area (Å²) in [6.45, 7) is 5.92. The third kappa shape index (κ3) is 5.21. The van der Waals surface area contributed by atoms with Crippen LogP contribution in [0.25, 0.3) is 12.2 Å². The van der Waals surface area contributed by atoms with Gasteiger partial charge in [0.05, 0.1) is 0 Å². The lowest BCUT2D eigenvalue weighted by atomic mass is 10.2. The highest BCUT2D eigenvalue weighted by Crippen LogP contribution is 2.21. The number of nitrogens with one attached hydrogen (secondary N) is 2. The van der Waals surface area contributed by atoms with Gasteiger partial charge in [-0.3, -0.25) is 5.10 Å². The average Bonchev–Trinajstić information content (AvgIpc) is 3.12. The number of halogens is 1. The second-order valence-electron chi connectivity index (χ2n) is 7.21. The first-order valence-corrected chi connectivity index (χ1v) is 10.4. The number of aromatic nitrogens is 4. The molecule has 3 aromatic rings. The van der Waals surface area contributed by atoms with Gasteiger partial charge in [0.1, 0.15) is 11.6 Å². The van der Waals surface area contributed by atoms with Gasteiger partial charge in [-0.25, -0.2) is 9.97 Å². The Morgan fingerprint density at radius 2 is 1.76 bits per heavy atom. The monoisotopic (exact) mass is 453 g/mol.